The van der Waals surface area contributed by atoms with Gasteiger partial charge < -0.3 is 0 Å². The summed E-state index contributed by atoms with van der Waals surface area (Å²) in [6, 6.07) is 5.39. The number of carbonyl (C=O) groups is 1. The second-order valence-electron chi connectivity index (χ2n) is 2.61. The fourth-order valence-electron chi connectivity index (χ4n) is 0.933. The number of hydrogen-bond donors (Lipinski definition) is 1. The molecule has 0 aliphatic heterocycles. The minimum Gasteiger partial charge on any atom is -0.298 e. The van der Waals surface area contributed by atoms with Crippen molar-refractivity contribution in [1.82, 2.24) is 0 Å². The molecule has 0 aromatic heterocycles. The zero-order valence-corrected chi connectivity index (χ0v) is 9.99. The molecule has 0 fully saturated rings. The molecule has 0 aliphatic carbocycles. The Morgan fingerprint density at radius 3 is 2.77 bits per heavy atom. The lowest BCUT2D eigenvalue weighted by atomic mass is 10.1. The number of benzene rings is 1. The average molecular weight is 280 g/mol. The zero-order chi connectivity index (χ0) is 9.84. The highest BCUT2D eigenvalue weighted by Gasteiger charge is 2.05. The fourth-order valence-corrected chi connectivity index (χ4v) is 1.87. The smallest absolute Gasteiger partial charge is 0.146 e. The average Bonchev–Trinajstić information content (AvgIpc) is 2.09. The van der Waals surface area contributed by atoms with Gasteiger partial charge in [-0.3, -0.25) is 4.79 Å². The van der Waals surface area contributed by atoms with Crippen LogP contribution in [-0.4, -0.2) is 11.5 Å². The van der Waals surface area contributed by atoms with Crippen molar-refractivity contribution in [3.05, 3.63) is 33.3 Å². The Bertz CT molecular complexity index is 327. The van der Waals surface area contributed by atoms with Crippen LogP contribution >= 0.6 is 40.2 Å². The highest BCUT2D eigenvalue weighted by molar-refractivity contribution is 9.10. The lowest BCUT2D eigenvalue weighted by Crippen LogP contribution is -2.04. The predicted molar refractivity (Wildman–Crippen MR) is 61.7 cm³/mol. The molecule has 0 radical (unpaired) electrons. The number of thiol groups is 1. The summed E-state index contributed by atoms with van der Waals surface area (Å²) in [5.74, 6) is 0.376. The van der Waals surface area contributed by atoms with E-state index in [9.17, 15) is 4.79 Å². The molecule has 13 heavy (non-hydrogen) atoms. The Hall–Kier alpha value is 0.01000. The molecule has 1 nitrogen and oxygen atoms in total. The van der Waals surface area contributed by atoms with Crippen molar-refractivity contribution in [3.8, 4) is 0 Å². The van der Waals surface area contributed by atoms with Crippen LogP contribution in [0.25, 0.3) is 0 Å². The summed E-state index contributed by atoms with van der Waals surface area (Å²) in [5.41, 5.74) is 0.948. The van der Waals surface area contributed by atoms with Gasteiger partial charge in [0.15, 0.2) is 0 Å². The largest absolute Gasteiger partial charge is 0.298 e. The van der Waals surface area contributed by atoms with E-state index in [1.54, 1.807) is 12.1 Å². The normalized spacial score (nSPS) is 10.1. The van der Waals surface area contributed by atoms with Crippen molar-refractivity contribution in [2.45, 2.75) is 6.42 Å². The first-order chi connectivity index (χ1) is 6.13. The monoisotopic (exact) mass is 278 g/mol. The van der Waals surface area contributed by atoms with E-state index >= 15 is 0 Å². The van der Waals surface area contributed by atoms with Crippen LogP contribution in [0.3, 0.4) is 0 Å². The number of rotatable bonds is 3. The van der Waals surface area contributed by atoms with Gasteiger partial charge in [0, 0.05) is 21.7 Å². The highest BCUT2D eigenvalue weighted by atomic mass is 79.9. The molecular formula is C9H8BrClOS. The van der Waals surface area contributed by atoms with Gasteiger partial charge in [-0.25, -0.2) is 0 Å². The number of hydrogen-bond acceptors (Lipinski definition) is 2. The summed E-state index contributed by atoms with van der Waals surface area (Å²) < 4.78 is 0.870. The van der Waals surface area contributed by atoms with E-state index in [1.165, 1.54) is 0 Å². The fraction of sp³-hybridized carbons (Fsp3) is 0.222. The molecule has 0 unspecified atom stereocenters. The third kappa shape index (κ3) is 3.33. The molecule has 0 amide bonds. The van der Waals surface area contributed by atoms with Crippen LogP contribution in [0.4, 0.5) is 0 Å². The number of halogens is 2. The first kappa shape index (κ1) is 11.1. The van der Waals surface area contributed by atoms with E-state index in [4.69, 9.17) is 11.6 Å². The van der Waals surface area contributed by atoms with E-state index in [2.05, 4.69) is 28.6 Å². The van der Waals surface area contributed by atoms with Crippen LogP contribution < -0.4 is 0 Å². The standard InChI is InChI=1S/C9H8BrClOS/c10-9-4-7(11)2-1-6(9)3-8(12)5-13/h1-2,4,13H,3,5H2. The van der Waals surface area contributed by atoms with Crippen LogP contribution in [0.5, 0.6) is 0 Å². The summed E-state index contributed by atoms with van der Waals surface area (Å²) in [5, 5.41) is 0.661. The Morgan fingerprint density at radius 1 is 1.54 bits per heavy atom. The molecular weight excluding hydrogens is 272 g/mol. The number of Topliss-reactive ketones (excluding diaryl/α,β-unsaturated/α-hetero) is 1. The van der Waals surface area contributed by atoms with Gasteiger partial charge in [-0.05, 0) is 17.7 Å². The van der Waals surface area contributed by atoms with Gasteiger partial charge in [-0.2, -0.15) is 12.6 Å². The minimum absolute atomic E-state index is 0.103. The molecule has 0 bridgehead atoms. The molecule has 0 atom stereocenters. The third-order valence-electron chi connectivity index (χ3n) is 1.58. The Kier molecular flexibility index (Phi) is 4.29. The van der Waals surface area contributed by atoms with Crippen molar-refractivity contribution >= 4 is 45.9 Å². The van der Waals surface area contributed by atoms with Crippen molar-refractivity contribution in [2.24, 2.45) is 0 Å². The maximum absolute atomic E-state index is 11.1. The Labute approximate surface area is 96.0 Å². The molecule has 0 saturated carbocycles. The molecule has 1 aromatic carbocycles. The molecule has 0 spiro atoms. The SMILES string of the molecule is O=C(CS)Cc1ccc(Cl)cc1Br. The minimum atomic E-state index is 0.103. The quantitative estimate of drug-likeness (QED) is 0.841. The van der Waals surface area contributed by atoms with Crippen LogP contribution in [0, 0.1) is 0 Å². The predicted octanol–water partition coefficient (Wildman–Crippen LogP) is 3.14. The summed E-state index contributed by atoms with van der Waals surface area (Å²) in [6.07, 6.45) is 0.404. The van der Waals surface area contributed by atoms with E-state index in [1.807, 2.05) is 6.07 Å². The second-order valence-corrected chi connectivity index (χ2v) is 4.22. The van der Waals surface area contributed by atoms with Crippen LogP contribution in [0.1, 0.15) is 5.56 Å². The van der Waals surface area contributed by atoms with E-state index in [-0.39, 0.29) is 11.5 Å². The molecule has 0 N–H and O–H groups in total. The first-order valence-electron chi connectivity index (χ1n) is 3.70. The van der Waals surface area contributed by atoms with E-state index < -0.39 is 0 Å². The zero-order valence-electron chi connectivity index (χ0n) is 6.76. The molecule has 1 aromatic rings. The van der Waals surface area contributed by atoms with Crippen LogP contribution in [-0.2, 0) is 11.2 Å². The topological polar surface area (TPSA) is 17.1 Å². The van der Waals surface area contributed by atoms with Crippen molar-refractivity contribution in [1.29, 1.82) is 0 Å². The van der Waals surface area contributed by atoms with Gasteiger partial charge in [0.25, 0.3) is 0 Å². The van der Waals surface area contributed by atoms with Gasteiger partial charge in [0.2, 0.25) is 0 Å². The summed E-state index contributed by atoms with van der Waals surface area (Å²) in [4.78, 5) is 11.1. The number of ketones is 1. The Balaban J connectivity index is 2.83. The van der Waals surface area contributed by atoms with Gasteiger partial charge in [-0.15, -0.1) is 0 Å². The summed E-state index contributed by atoms with van der Waals surface area (Å²) in [6.45, 7) is 0. The van der Waals surface area contributed by atoms with Crippen molar-refractivity contribution < 1.29 is 4.79 Å². The highest BCUT2D eigenvalue weighted by Crippen LogP contribution is 2.22. The first-order valence-corrected chi connectivity index (χ1v) is 5.50. The van der Waals surface area contributed by atoms with Gasteiger partial charge in [0.1, 0.15) is 5.78 Å². The second kappa shape index (κ2) is 5.03. The molecule has 4 heteroatoms. The van der Waals surface area contributed by atoms with Crippen LogP contribution in [0.2, 0.25) is 5.02 Å². The molecule has 1 rings (SSSR count). The molecule has 0 aliphatic rings. The van der Waals surface area contributed by atoms with Gasteiger partial charge >= 0.3 is 0 Å². The maximum atomic E-state index is 11.1. The van der Waals surface area contributed by atoms with Gasteiger partial charge in [-0.1, -0.05) is 33.6 Å². The van der Waals surface area contributed by atoms with Gasteiger partial charge in [0.05, 0.1) is 0 Å². The summed E-state index contributed by atoms with van der Waals surface area (Å²) in [7, 11) is 0. The maximum Gasteiger partial charge on any atom is 0.146 e. The Morgan fingerprint density at radius 2 is 2.23 bits per heavy atom. The molecule has 0 heterocycles. The summed E-state index contributed by atoms with van der Waals surface area (Å²) >= 11 is 13.0. The lowest BCUT2D eigenvalue weighted by molar-refractivity contribution is -0.115. The van der Waals surface area contributed by atoms with E-state index in [0.717, 1.165) is 10.0 Å². The molecule has 70 valence electrons. The van der Waals surface area contributed by atoms with Crippen LogP contribution in [0.15, 0.2) is 22.7 Å². The van der Waals surface area contributed by atoms with E-state index in [0.29, 0.717) is 11.4 Å². The number of carbonyl (C=O) groups excluding carboxylic acids is 1. The third-order valence-corrected chi connectivity index (χ3v) is 2.91. The molecule has 0 saturated heterocycles. The lowest BCUT2D eigenvalue weighted by Gasteiger charge is -2.02. The van der Waals surface area contributed by atoms with Crippen molar-refractivity contribution in [3.63, 3.8) is 0 Å². The van der Waals surface area contributed by atoms with Crippen molar-refractivity contribution in [2.75, 3.05) is 5.75 Å².